The molecule has 204 valence electrons. The smallest absolute Gasteiger partial charge is 0.407 e. The molecule has 0 aliphatic heterocycles. The third-order valence-corrected chi connectivity index (χ3v) is 7.54. The molecule has 34 heavy (non-hydrogen) atoms. The van der Waals surface area contributed by atoms with E-state index in [4.69, 9.17) is 22.1 Å². The second kappa shape index (κ2) is 24.1. The molecule has 9 heteroatoms. The largest absolute Gasteiger partial charge is 0.448 e. The molecule has 0 saturated heterocycles. The van der Waals surface area contributed by atoms with Crippen molar-refractivity contribution in [2.24, 2.45) is 5.73 Å². The zero-order valence-electron chi connectivity index (χ0n) is 21.6. The van der Waals surface area contributed by atoms with Crippen LogP contribution < -0.4 is 15.8 Å². The van der Waals surface area contributed by atoms with Crippen molar-refractivity contribution < 1.29 is 17.9 Å². The lowest BCUT2D eigenvalue weighted by Gasteiger charge is -2.14. The van der Waals surface area contributed by atoms with E-state index < -0.39 is 22.2 Å². The average molecular weight is 526 g/mol. The molecule has 0 aromatic rings. The fraction of sp³-hybridized carbons (Fsp3) is 0.960. The third-order valence-electron chi connectivity index (χ3n) is 5.84. The van der Waals surface area contributed by atoms with Gasteiger partial charge in [0.2, 0.25) is 10.0 Å². The van der Waals surface area contributed by atoms with E-state index in [-0.39, 0.29) is 24.8 Å². The Hall–Kier alpha value is -0.570. The molecule has 0 heterocycles. The number of halogens is 1. The van der Waals surface area contributed by atoms with Crippen LogP contribution in [0.4, 0.5) is 4.79 Å². The van der Waals surface area contributed by atoms with E-state index >= 15 is 0 Å². The highest BCUT2D eigenvalue weighted by Gasteiger charge is 2.13. The number of nitrogens with two attached hydrogens (primary N) is 1. The molecule has 0 fully saturated rings. The second-order valence-electron chi connectivity index (χ2n) is 9.30. The summed E-state index contributed by atoms with van der Waals surface area (Å²) >= 11 is 5.50. The van der Waals surface area contributed by atoms with Gasteiger partial charge in [-0.05, 0) is 12.8 Å². The molecule has 0 bridgehead atoms. The van der Waals surface area contributed by atoms with Crippen LogP contribution in [-0.4, -0.2) is 51.9 Å². The van der Waals surface area contributed by atoms with Gasteiger partial charge >= 0.3 is 6.09 Å². The number of nitrogens with one attached hydrogen (secondary N) is 2. The molecule has 7 nitrogen and oxygen atoms in total. The molecule has 0 saturated carbocycles. The number of amides is 1. The van der Waals surface area contributed by atoms with Gasteiger partial charge in [0.05, 0.1) is 11.8 Å². The van der Waals surface area contributed by atoms with Gasteiger partial charge in [0.1, 0.15) is 6.61 Å². The molecule has 1 unspecified atom stereocenters. The van der Waals surface area contributed by atoms with Gasteiger partial charge in [0.15, 0.2) is 0 Å². The van der Waals surface area contributed by atoms with Crippen molar-refractivity contribution in [2.75, 3.05) is 31.3 Å². The Morgan fingerprint density at radius 1 is 0.824 bits per heavy atom. The number of ether oxygens (including phenoxy) is 1. The number of carbonyl (C=O) groups is 1. The van der Waals surface area contributed by atoms with Crippen LogP contribution in [0.1, 0.15) is 116 Å². The maximum absolute atomic E-state index is 11.7. The summed E-state index contributed by atoms with van der Waals surface area (Å²) in [5.74, 6) is 0.250. The fourth-order valence-corrected chi connectivity index (χ4v) is 5.14. The summed E-state index contributed by atoms with van der Waals surface area (Å²) in [6, 6.07) is -0.591. The summed E-state index contributed by atoms with van der Waals surface area (Å²) < 4.78 is 30.8. The number of hydrogen-bond acceptors (Lipinski definition) is 5. The Morgan fingerprint density at radius 3 is 1.76 bits per heavy atom. The zero-order chi connectivity index (χ0) is 25.3. The van der Waals surface area contributed by atoms with E-state index in [1.54, 1.807) is 0 Å². The van der Waals surface area contributed by atoms with E-state index in [0.29, 0.717) is 13.0 Å². The fourth-order valence-electron chi connectivity index (χ4n) is 3.71. The van der Waals surface area contributed by atoms with Crippen LogP contribution in [0, 0.1) is 0 Å². The minimum atomic E-state index is -3.39. The maximum Gasteiger partial charge on any atom is 0.407 e. The molecule has 0 aliphatic carbocycles. The molecule has 0 aromatic heterocycles. The Balaban J connectivity index is 3.39. The summed E-state index contributed by atoms with van der Waals surface area (Å²) in [6.07, 6.45) is 20.9. The number of carbonyl (C=O) groups excluding carboxylic acids is 1. The first kappa shape index (κ1) is 33.4. The van der Waals surface area contributed by atoms with E-state index in [1.807, 2.05) is 0 Å². The van der Waals surface area contributed by atoms with Crippen LogP contribution in [0.2, 0.25) is 0 Å². The predicted octanol–water partition coefficient (Wildman–Crippen LogP) is 5.85. The molecule has 0 spiro atoms. The van der Waals surface area contributed by atoms with Crippen molar-refractivity contribution in [1.29, 1.82) is 0 Å². The molecule has 1 atom stereocenters. The summed E-state index contributed by atoms with van der Waals surface area (Å²) in [6.45, 7) is 2.83. The predicted molar refractivity (Wildman–Crippen MR) is 144 cm³/mol. The Kier molecular flexibility index (Phi) is 23.7. The summed E-state index contributed by atoms with van der Waals surface area (Å²) in [4.78, 5) is 11.7. The van der Waals surface area contributed by atoms with Gasteiger partial charge in [0, 0.05) is 19.0 Å². The van der Waals surface area contributed by atoms with Crippen molar-refractivity contribution in [3.8, 4) is 0 Å². The van der Waals surface area contributed by atoms with Gasteiger partial charge < -0.3 is 15.8 Å². The Morgan fingerprint density at radius 2 is 1.29 bits per heavy atom. The van der Waals surface area contributed by atoms with Gasteiger partial charge in [-0.2, -0.15) is 0 Å². The highest BCUT2D eigenvalue weighted by molar-refractivity contribution is 7.89. The second-order valence-corrected chi connectivity index (χ2v) is 11.6. The first-order valence-corrected chi connectivity index (χ1v) is 15.8. The normalized spacial score (nSPS) is 12.6. The number of alkyl halides is 1. The molecule has 1 amide bonds. The number of sulfonamides is 1. The van der Waals surface area contributed by atoms with Crippen LogP contribution in [0.25, 0.3) is 0 Å². The zero-order valence-corrected chi connectivity index (χ0v) is 23.2. The molecule has 0 aromatic carbocycles. The first-order valence-electron chi connectivity index (χ1n) is 13.6. The molecular formula is C25H52ClN3O4S. The highest BCUT2D eigenvalue weighted by Crippen LogP contribution is 2.13. The molecular weight excluding hydrogens is 474 g/mol. The van der Waals surface area contributed by atoms with Crippen molar-refractivity contribution in [3.05, 3.63) is 0 Å². The van der Waals surface area contributed by atoms with Crippen molar-refractivity contribution in [3.63, 3.8) is 0 Å². The van der Waals surface area contributed by atoms with E-state index in [2.05, 4.69) is 17.0 Å². The molecule has 0 aliphatic rings. The third kappa shape index (κ3) is 24.6. The van der Waals surface area contributed by atoms with Gasteiger partial charge in [-0.1, -0.05) is 103 Å². The average Bonchev–Trinajstić information content (AvgIpc) is 2.82. The lowest BCUT2D eigenvalue weighted by Crippen LogP contribution is -2.42. The van der Waals surface area contributed by atoms with Gasteiger partial charge in [0.25, 0.3) is 0 Å². The monoisotopic (exact) mass is 525 g/mol. The number of unbranched alkanes of at least 4 members (excludes halogenated alkanes) is 15. The highest BCUT2D eigenvalue weighted by atomic mass is 35.5. The summed E-state index contributed by atoms with van der Waals surface area (Å²) in [7, 11) is -3.39. The van der Waals surface area contributed by atoms with Gasteiger partial charge in [-0.25, -0.2) is 17.9 Å². The van der Waals surface area contributed by atoms with Crippen LogP contribution in [0.5, 0.6) is 0 Å². The Labute approximate surface area is 214 Å². The van der Waals surface area contributed by atoms with Crippen LogP contribution in [0.3, 0.4) is 0 Å². The molecule has 0 radical (unpaired) electrons. The van der Waals surface area contributed by atoms with Crippen molar-refractivity contribution >= 4 is 27.7 Å². The molecule has 0 rings (SSSR count). The Bertz CT molecular complexity index is 564. The van der Waals surface area contributed by atoms with E-state index in [0.717, 1.165) is 12.8 Å². The van der Waals surface area contributed by atoms with Crippen LogP contribution in [0.15, 0.2) is 0 Å². The summed E-state index contributed by atoms with van der Waals surface area (Å²) in [5.41, 5.74) is 5.79. The lowest BCUT2D eigenvalue weighted by molar-refractivity contribution is 0.139. The maximum atomic E-state index is 11.7. The summed E-state index contributed by atoms with van der Waals surface area (Å²) in [5, 5.41) is 2.72. The SMILES string of the molecule is CCCCCCCCCCCCCCCCCCNC(=O)OCC(N)CNS(=O)(=O)CCCCl. The number of hydrogen-bond donors (Lipinski definition) is 3. The minimum absolute atomic E-state index is 0.0248. The standard InChI is InChI=1S/C25H52ClN3O4S/c1-2-3-4-5-6-7-8-9-10-11-12-13-14-15-16-17-20-28-25(30)33-23-24(27)22-29-34(31,32)21-18-19-26/h24,29H,2-23,27H2,1H3,(H,28,30). The van der Waals surface area contributed by atoms with Crippen LogP contribution >= 0.6 is 11.6 Å². The number of alkyl carbamates (subject to hydrolysis) is 1. The van der Waals surface area contributed by atoms with Gasteiger partial charge in [-0.15, -0.1) is 11.6 Å². The first-order chi connectivity index (χ1) is 16.4. The minimum Gasteiger partial charge on any atom is -0.448 e. The topological polar surface area (TPSA) is 111 Å². The van der Waals surface area contributed by atoms with E-state index in [9.17, 15) is 13.2 Å². The van der Waals surface area contributed by atoms with Crippen molar-refractivity contribution in [1.82, 2.24) is 10.0 Å². The number of rotatable bonds is 25. The van der Waals surface area contributed by atoms with Gasteiger partial charge in [-0.3, -0.25) is 0 Å². The van der Waals surface area contributed by atoms with E-state index in [1.165, 1.54) is 89.9 Å². The quantitative estimate of drug-likeness (QED) is 0.102. The lowest BCUT2D eigenvalue weighted by atomic mass is 10.0. The van der Waals surface area contributed by atoms with Crippen molar-refractivity contribution in [2.45, 2.75) is 122 Å². The molecule has 4 N–H and O–H groups in total. The van der Waals surface area contributed by atoms with Crippen LogP contribution in [-0.2, 0) is 14.8 Å².